The molecule has 5 heteroatoms. The van der Waals surface area contributed by atoms with E-state index in [4.69, 9.17) is 4.12 Å². The van der Waals surface area contributed by atoms with Gasteiger partial charge in [0.25, 0.3) is 0 Å². The lowest BCUT2D eigenvalue weighted by molar-refractivity contribution is 0.612. The molecule has 0 aliphatic rings. The Labute approximate surface area is 48.9 Å². The second-order valence-corrected chi connectivity index (χ2v) is 4.82. The number of hydrogen-bond acceptors (Lipinski definition) is 3. The van der Waals surface area contributed by atoms with E-state index in [9.17, 15) is 0 Å². The van der Waals surface area contributed by atoms with Crippen LogP contribution in [0.5, 0.6) is 0 Å². The zero-order valence-corrected chi connectivity index (χ0v) is 7.65. The minimum absolute atomic E-state index is 0.340. The quantitative estimate of drug-likeness (QED) is 0.329. The fraction of sp³-hybridized carbons (Fsp3) is 1.00. The van der Waals surface area contributed by atoms with Crippen molar-refractivity contribution in [3.05, 3.63) is 0 Å². The monoisotopic (exact) mass is 136 g/mol. The molecule has 0 spiro atoms. The molecule has 0 aliphatic heterocycles. The van der Waals surface area contributed by atoms with E-state index in [0.717, 1.165) is 0 Å². The van der Waals surface area contributed by atoms with Gasteiger partial charge < -0.3 is 14.1 Å². The van der Waals surface area contributed by atoms with Crippen molar-refractivity contribution in [2.24, 2.45) is 0 Å². The van der Waals surface area contributed by atoms with Gasteiger partial charge in [-0.1, -0.05) is 0 Å². The maximum absolute atomic E-state index is 5.19. The van der Waals surface area contributed by atoms with Crippen LogP contribution in [0, 0.1) is 0 Å². The summed E-state index contributed by atoms with van der Waals surface area (Å²) in [5, 5.41) is 0. The van der Waals surface area contributed by atoms with Crippen LogP contribution in [-0.4, -0.2) is 33.9 Å². The summed E-state index contributed by atoms with van der Waals surface area (Å²) in [5.74, 6) is 0. The van der Waals surface area contributed by atoms with Crippen LogP contribution in [-0.2, 0) is 4.12 Å². The Kier molecular flexibility index (Phi) is 6.60. The standard InChI is InChI=1S/C2H12N2OSi2/c1-3-6-5-7-4-2/h3-4H,6-7H2,1-2H3. The van der Waals surface area contributed by atoms with Crippen LogP contribution in [0.1, 0.15) is 0 Å². The molecule has 0 radical (unpaired) electrons. The van der Waals surface area contributed by atoms with Crippen LogP contribution in [0.15, 0.2) is 0 Å². The topological polar surface area (TPSA) is 33.3 Å². The number of hydrogen-bond donors (Lipinski definition) is 2. The normalized spacial score (nSPS) is 12.9. The average Bonchev–Trinajstić information content (AvgIpc) is 1.69. The van der Waals surface area contributed by atoms with Gasteiger partial charge in [-0.3, -0.25) is 0 Å². The lowest BCUT2D eigenvalue weighted by atomic mass is 11.6. The highest BCUT2D eigenvalue weighted by Crippen LogP contribution is 1.51. The van der Waals surface area contributed by atoms with Gasteiger partial charge in [-0.25, -0.2) is 0 Å². The molecule has 44 valence electrons. The highest BCUT2D eigenvalue weighted by molar-refractivity contribution is 6.39. The number of rotatable bonds is 4. The van der Waals surface area contributed by atoms with Gasteiger partial charge in [-0.2, -0.15) is 0 Å². The Morgan fingerprint density at radius 2 is 1.57 bits per heavy atom. The first-order valence-corrected chi connectivity index (χ1v) is 4.85. The first-order valence-electron chi connectivity index (χ1n) is 2.28. The molecule has 0 heterocycles. The molecule has 0 unspecified atom stereocenters. The van der Waals surface area contributed by atoms with Crippen molar-refractivity contribution < 1.29 is 4.12 Å². The van der Waals surface area contributed by atoms with Crippen LogP contribution in [0.3, 0.4) is 0 Å². The van der Waals surface area contributed by atoms with Crippen LogP contribution in [0.4, 0.5) is 0 Å². The van der Waals surface area contributed by atoms with Crippen LogP contribution in [0.2, 0.25) is 0 Å². The average molecular weight is 136 g/mol. The molecule has 2 N–H and O–H groups in total. The third-order valence-corrected chi connectivity index (χ3v) is 2.70. The van der Waals surface area contributed by atoms with E-state index in [2.05, 4.69) is 9.96 Å². The van der Waals surface area contributed by atoms with Crippen molar-refractivity contribution in [2.75, 3.05) is 14.1 Å². The van der Waals surface area contributed by atoms with Crippen LogP contribution < -0.4 is 9.96 Å². The highest BCUT2D eigenvalue weighted by atomic mass is 28.3. The third kappa shape index (κ3) is 6.31. The molecule has 0 amide bonds. The minimum atomic E-state index is -0.340. The summed E-state index contributed by atoms with van der Waals surface area (Å²) in [6.45, 7) is 0. The Hall–Kier alpha value is 0.314. The Morgan fingerprint density at radius 1 is 1.14 bits per heavy atom. The van der Waals surface area contributed by atoms with E-state index in [-0.39, 0.29) is 19.8 Å². The van der Waals surface area contributed by atoms with Gasteiger partial charge in [-0.15, -0.1) is 0 Å². The fourth-order valence-corrected chi connectivity index (χ4v) is 2.30. The highest BCUT2D eigenvalue weighted by Gasteiger charge is 1.78. The zero-order valence-electron chi connectivity index (χ0n) is 4.82. The van der Waals surface area contributed by atoms with Gasteiger partial charge in [0, 0.05) is 0 Å². The second-order valence-electron chi connectivity index (χ2n) is 1.20. The summed E-state index contributed by atoms with van der Waals surface area (Å²) >= 11 is 0. The molecule has 7 heavy (non-hydrogen) atoms. The summed E-state index contributed by atoms with van der Waals surface area (Å²) in [6.07, 6.45) is 0. The van der Waals surface area contributed by atoms with Gasteiger partial charge >= 0.3 is 0 Å². The van der Waals surface area contributed by atoms with Gasteiger partial charge in [0.1, 0.15) is 0 Å². The molecule has 0 fully saturated rings. The van der Waals surface area contributed by atoms with E-state index in [0.29, 0.717) is 0 Å². The molecule has 0 atom stereocenters. The van der Waals surface area contributed by atoms with Gasteiger partial charge in [0.15, 0.2) is 0 Å². The van der Waals surface area contributed by atoms with E-state index in [1.165, 1.54) is 0 Å². The summed E-state index contributed by atoms with van der Waals surface area (Å²) in [6, 6.07) is 0. The second kappa shape index (κ2) is 6.31. The molecule has 0 aliphatic carbocycles. The molecule has 0 saturated carbocycles. The lowest BCUT2D eigenvalue weighted by Crippen LogP contribution is -2.25. The van der Waals surface area contributed by atoms with Crippen LogP contribution >= 0.6 is 0 Å². The Morgan fingerprint density at radius 3 is 1.86 bits per heavy atom. The van der Waals surface area contributed by atoms with Crippen molar-refractivity contribution in [3.8, 4) is 0 Å². The largest absolute Gasteiger partial charge is 0.442 e. The van der Waals surface area contributed by atoms with E-state index >= 15 is 0 Å². The molecular formula is C2H12N2OSi2. The minimum Gasteiger partial charge on any atom is -0.442 e. The molecular weight excluding hydrogens is 124 g/mol. The molecule has 0 aromatic rings. The maximum Gasteiger partial charge on any atom is 0.224 e. The summed E-state index contributed by atoms with van der Waals surface area (Å²) in [4.78, 5) is 6.03. The van der Waals surface area contributed by atoms with E-state index < -0.39 is 0 Å². The van der Waals surface area contributed by atoms with Gasteiger partial charge in [0.2, 0.25) is 19.8 Å². The van der Waals surface area contributed by atoms with Crippen molar-refractivity contribution in [3.63, 3.8) is 0 Å². The number of nitrogens with one attached hydrogen (secondary N) is 2. The molecule has 0 aromatic carbocycles. The SMILES string of the molecule is CN[SiH2]O[SiH2]NC. The van der Waals surface area contributed by atoms with Gasteiger partial charge in [-0.05, 0) is 14.1 Å². The Balaban J connectivity index is 2.45. The van der Waals surface area contributed by atoms with Crippen molar-refractivity contribution in [1.82, 2.24) is 9.96 Å². The van der Waals surface area contributed by atoms with Crippen LogP contribution in [0.25, 0.3) is 0 Å². The fourth-order valence-electron chi connectivity index (χ4n) is 0.255. The first-order chi connectivity index (χ1) is 3.41. The van der Waals surface area contributed by atoms with Crippen molar-refractivity contribution >= 4 is 19.8 Å². The third-order valence-electron chi connectivity index (χ3n) is 0.493. The summed E-state index contributed by atoms with van der Waals surface area (Å²) < 4.78 is 5.19. The molecule has 3 nitrogen and oxygen atoms in total. The van der Waals surface area contributed by atoms with Crippen molar-refractivity contribution in [1.29, 1.82) is 0 Å². The molecule has 0 bridgehead atoms. The van der Waals surface area contributed by atoms with Gasteiger partial charge in [0.05, 0.1) is 0 Å². The predicted molar refractivity (Wildman–Crippen MR) is 36.3 cm³/mol. The van der Waals surface area contributed by atoms with E-state index in [1.807, 2.05) is 14.1 Å². The zero-order chi connectivity index (χ0) is 5.54. The maximum atomic E-state index is 5.19. The molecule has 0 saturated heterocycles. The molecule has 0 rings (SSSR count). The van der Waals surface area contributed by atoms with Crippen molar-refractivity contribution in [2.45, 2.75) is 0 Å². The lowest BCUT2D eigenvalue weighted by Gasteiger charge is -1.97. The van der Waals surface area contributed by atoms with E-state index in [1.54, 1.807) is 0 Å². The summed E-state index contributed by atoms with van der Waals surface area (Å²) in [7, 11) is 3.17. The predicted octanol–water partition coefficient (Wildman–Crippen LogP) is -2.56. The Bertz CT molecular complexity index is 32.9. The smallest absolute Gasteiger partial charge is 0.224 e. The molecule has 0 aromatic heterocycles. The summed E-state index contributed by atoms with van der Waals surface area (Å²) in [5.41, 5.74) is 0. The first kappa shape index (κ1) is 7.31.